The summed E-state index contributed by atoms with van der Waals surface area (Å²) in [4.78, 5) is 0. The first-order valence-corrected chi connectivity index (χ1v) is 7.37. The SMILES string of the molecule is Cc1cc(C(C)(C)C)ccc1Oc1cc(Cl)ccc1CO. The number of aliphatic hydroxyl groups is 1. The highest BCUT2D eigenvalue weighted by Gasteiger charge is 2.15. The molecule has 0 unspecified atom stereocenters. The van der Waals surface area contributed by atoms with Gasteiger partial charge in [-0.3, -0.25) is 0 Å². The van der Waals surface area contributed by atoms with Gasteiger partial charge in [-0.05, 0) is 41.7 Å². The fourth-order valence-electron chi connectivity index (χ4n) is 2.10. The fraction of sp³-hybridized carbons (Fsp3) is 0.333. The Hall–Kier alpha value is -1.51. The summed E-state index contributed by atoms with van der Waals surface area (Å²) in [5, 5.41) is 9.97. The predicted molar refractivity (Wildman–Crippen MR) is 87.3 cm³/mol. The molecule has 0 aromatic heterocycles. The first-order chi connectivity index (χ1) is 9.81. The number of halogens is 1. The fourth-order valence-corrected chi connectivity index (χ4v) is 2.26. The molecular weight excluding hydrogens is 284 g/mol. The van der Waals surface area contributed by atoms with E-state index < -0.39 is 0 Å². The number of rotatable bonds is 3. The maximum absolute atomic E-state index is 9.38. The predicted octanol–water partition coefficient (Wildman–Crippen LogP) is 5.23. The largest absolute Gasteiger partial charge is 0.457 e. The third kappa shape index (κ3) is 3.78. The Balaban J connectivity index is 2.34. The minimum atomic E-state index is -0.0778. The topological polar surface area (TPSA) is 29.5 Å². The van der Waals surface area contributed by atoms with E-state index >= 15 is 0 Å². The second kappa shape index (κ2) is 6.08. The van der Waals surface area contributed by atoms with Crippen LogP contribution in [-0.4, -0.2) is 5.11 Å². The average molecular weight is 305 g/mol. The molecule has 3 heteroatoms. The highest BCUT2D eigenvalue weighted by atomic mass is 35.5. The average Bonchev–Trinajstić information content (AvgIpc) is 2.40. The monoisotopic (exact) mass is 304 g/mol. The molecule has 2 nitrogen and oxygen atoms in total. The first kappa shape index (κ1) is 15.9. The molecule has 2 rings (SSSR count). The van der Waals surface area contributed by atoms with Crippen LogP contribution in [0.1, 0.15) is 37.5 Å². The highest BCUT2D eigenvalue weighted by molar-refractivity contribution is 6.30. The number of benzene rings is 2. The molecule has 0 atom stereocenters. The lowest BCUT2D eigenvalue weighted by Gasteiger charge is -2.21. The molecule has 2 aromatic rings. The minimum Gasteiger partial charge on any atom is -0.457 e. The van der Waals surface area contributed by atoms with Gasteiger partial charge in [-0.25, -0.2) is 0 Å². The van der Waals surface area contributed by atoms with E-state index in [1.165, 1.54) is 5.56 Å². The number of hydrogen-bond donors (Lipinski definition) is 1. The van der Waals surface area contributed by atoms with Crippen LogP contribution in [0.15, 0.2) is 36.4 Å². The van der Waals surface area contributed by atoms with E-state index in [2.05, 4.69) is 32.9 Å². The van der Waals surface area contributed by atoms with Gasteiger partial charge in [0.15, 0.2) is 0 Å². The number of ether oxygens (including phenoxy) is 1. The molecular formula is C18H21ClO2. The van der Waals surface area contributed by atoms with Gasteiger partial charge >= 0.3 is 0 Å². The summed E-state index contributed by atoms with van der Waals surface area (Å²) in [5.41, 5.74) is 3.15. The molecule has 0 fully saturated rings. The molecule has 0 amide bonds. The van der Waals surface area contributed by atoms with Crippen LogP contribution in [0.4, 0.5) is 0 Å². The molecule has 0 saturated heterocycles. The zero-order valence-electron chi connectivity index (χ0n) is 12.9. The van der Waals surface area contributed by atoms with Crippen LogP contribution < -0.4 is 4.74 Å². The Kier molecular flexibility index (Phi) is 4.60. The van der Waals surface area contributed by atoms with Gasteiger partial charge in [-0.15, -0.1) is 0 Å². The quantitative estimate of drug-likeness (QED) is 0.841. The zero-order valence-corrected chi connectivity index (χ0v) is 13.7. The number of aryl methyl sites for hydroxylation is 1. The normalized spacial score (nSPS) is 11.5. The molecule has 0 saturated carbocycles. The number of hydrogen-bond acceptors (Lipinski definition) is 2. The standard InChI is InChI=1S/C18H21ClO2/c1-12-9-14(18(2,3)4)6-8-16(12)21-17-10-15(19)7-5-13(17)11-20/h5-10,20H,11H2,1-4H3. The van der Waals surface area contributed by atoms with Crippen molar-refractivity contribution in [3.8, 4) is 11.5 Å². The molecule has 21 heavy (non-hydrogen) atoms. The van der Waals surface area contributed by atoms with Crippen molar-refractivity contribution >= 4 is 11.6 Å². The van der Waals surface area contributed by atoms with Crippen LogP contribution in [0.5, 0.6) is 11.5 Å². The molecule has 0 bridgehead atoms. The lowest BCUT2D eigenvalue weighted by molar-refractivity contribution is 0.276. The van der Waals surface area contributed by atoms with Gasteiger partial charge in [0.1, 0.15) is 11.5 Å². The van der Waals surface area contributed by atoms with Crippen molar-refractivity contribution in [2.24, 2.45) is 0 Å². The Morgan fingerprint density at radius 2 is 1.76 bits per heavy atom. The van der Waals surface area contributed by atoms with E-state index in [0.717, 1.165) is 16.9 Å². The van der Waals surface area contributed by atoms with Crippen molar-refractivity contribution in [3.05, 3.63) is 58.1 Å². The Labute approximate surface area is 131 Å². The molecule has 0 radical (unpaired) electrons. The van der Waals surface area contributed by atoms with Gasteiger partial charge in [-0.2, -0.15) is 0 Å². The summed E-state index contributed by atoms with van der Waals surface area (Å²) in [7, 11) is 0. The maximum atomic E-state index is 9.38. The van der Waals surface area contributed by atoms with Crippen LogP contribution in [0.25, 0.3) is 0 Å². The van der Waals surface area contributed by atoms with E-state index in [9.17, 15) is 5.11 Å². The van der Waals surface area contributed by atoms with Gasteiger partial charge in [-0.1, -0.05) is 50.6 Å². The van der Waals surface area contributed by atoms with Crippen LogP contribution in [-0.2, 0) is 12.0 Å². The van der Waals surface area contributed by atoms with Crippen molar-refractivity contribution in [1.82, 2.24) is 0 Å². The van der Waals surface area contributed by atoms with Crippen molar-refractivity contribution in [3.63, 3.8) is 0 Å². The van der Waals surface area contributed by atoms with Crippen LogP contribution in [0, 0.1) is 6.92 Å². The van der Waals surface area contributed by atoms with Gasteiger partial charge in [0, 0.05) is 10.6 Å². The molecule has 0 heterocycles. The minimum absolute atomic E-state index is 0.0778. The molecule has 1 N–H and O–H groups in total. The van der Waals surface area contributed by atoms with Crippen molar-refractivity contribution in [1.29, 1.82) is 0 Å². The Morgan fingerprint density at radius 1 is 1.05 bits per heavy atom. The molecule has 0 aliphatic heterocycles. The van der Waals surface area contributed by atoms with E-state index in [0.29, 0.717) is 10.8 Å². The summed E-state index contributed by atoms with van der Waals surface area (Å²) < 4.78 is 5.94. The van der Waals surface area contributed by atoms with E-state index in [1.807, 2.05) is 13.0 Å². The lowest BCUT2D eigenvalue weighted by atomic mass is 9.86. The van der Waals surface area contributed by atoms with E-state index in [1.54, 1.807) is 18.2 Å². The Bertz CT molecular complexity index is 642. The summed E-state index contributed by atoms with van der Waals surface area (Å²) in [6.07, 6.45) is 0. The molecule has 2 aromatic carbocycles. The summed E-state index contributed by atoms with van der Waals surface area (Å²) in [6.45, 7) is 8.49. The zero-order chi connectivity index (χ0) is 15.6. The van der Waals surface area contributed by atoms with Crippen LogP contribution >= 0.6 is 11.6 Å². The van der Waals surface area contributed by atoms with Crippen molar-refractivity contribution in [2.75, 3.05) is 0 Å². The third-order valence-electron chi connectivity index (χ3n) is 3.46. The van der Waals surface area contributed by atoms with E-state index in [-0.39, 0.29) is 12.0 Å². The molecule has 112 valence electrons. The maximum Gasteiger partial charge on any atom is 0.134 e. The van der Waals surface area contributed by atoms with Gasteiger partial charge < -0.3 is 9.84 Å². The van der Waals surface area contributed by atoms with Crippen LogP contribution in [0.2, 0.25) is 5.02 Å². The summed E-state index contributed by atoms with van der Waals surface area (Å²) >= 11 is 6.00. The van der Waals surface area contributed by atoms with Gasteiger partial charge in [0.2, 0.25) is 0 Å². The van der Waals surface area contributed by atoms with Crippen LogP contribution in [0.3, 0.4) is 0 Å². The van der Waals surface area contributed by atoms with Gasteiger partial charge in [0.25, 0.3) is 0 Å². The second-order valence-electron chi connectivity index (χ2n) is 6.24. The van der Waals surface area contributed by atoms with Crippen molar-refractivity contribution < 1.29 is 9.84 Å². The number of aliphatic hydroxyl groups excluding tert-OH is 1. The lowest BCUT2D eigenvalue weighted by Crippen LogP contribution is -2.11. The van der Waals surface area contributed by atoms with Gasteiger partial charge in [0.05, 0.1) is 6.61 Å². The highest BCUT2D eigenvalue weighted by Crippen LogP contribution is 2.33. The Morgan fingerprint density at radius 3 is 2.33 bits per heavy atom. The molecule has 0 aliphatic carbocycles. The second-order valence-corrected chi connectivity index (χ2v) is 6.68. The van der Waals surface area contributed by atoms with Crippen molar-refractivity contribution in [2.45, 2.75) is 39.7 Å². The smallest absolute Gasteiger partial charge is 0.134 e. The molecule has 0 aliphatic rings. The first-order valence-electron chi connectivity index (χ1n) is 6.99. The third-order valence-corrected chi connectivity index (χ3v) is 3.70. The van der Waals surface area contributed by atoms with E-state index in [4.69, 9.17) is 16.3 Å². The summed E-state index contributed by atoms with van der Waals surface area (Å²) in [6, 6.07) is 11.4. The molecule has 0 spiro atoms. The summed E-state index contributed by atoms with van der Waals surface area (Å²) in [5.74, 6) is 1.37.